The van der Waals surface area contributed by atoms with Crippen molar-refractivity contribution in [2.75, 3.05) is 20.3 Å². The lowest BCUT2D eigenvalue weighted by molar-refractivity contribution is -0.274. The molecule has 0 atom stereocenters. The molecule has 1 saturated heterocycles. The molecule has 0 bridgehead atoms. The van der Waals surface area contributed by atoms with E-state index in [0.717, 1.165) is 6.07 Å². The Bertz CT molecular complexity index is 678. The molecule has 1 amide bonds. The summed E-state index contributed by atoms with van der Waals surface area (Å²) in [6.45, 7) is 7.78. The number of amides is 1. The topological polar surface area (TPSA) is 66.0 Å². The van der Waals surface area contributed by atoms with E-state index in [2.05, 4.69) is 10.1 Å². The van der Waals surface area contributed by atoms with Crippen LogP contribution in [0.15, 0.2) is 18.2 Å². The Kier molecular flexibility index (Phi) is 6.13. The van der Waals surface area contributed by atoms with Gasteiger partial charge in [-0.15, -0.1) is 13.2 Å². The van der Waals surface area contributed by atoms with Crippen LogP contribution in [0.3, 0.4) is 0 Å². The van der Waals surface area contributed by atoms with E-state index in [1.807, 2.05) is 27.7 Å². The summed E-state index contributed by atoms with van der Waals surface area (Å²) >= 11 is 0. The zero-order valence-electron chi connectivity index (χ0n) is 15.9. The van der Waals surface area contributed by atoms with Crippen molar-refractivity contribution in [2.24, 2.45) is 0 Å². The SMILES string of the molecule is COCCNC(=O)c1cc(B2OC(C)(C)C(C)(C)O2)ccc1OC(F)(F)F. The van der Waals surface area contributed by atoms with E-state index in [0.29, 0.717) is 5.46 Å². The van der Waals surface area contributed by atoms with Gasteiger partial charge in [-0.25, -0.2) is 0 Å². The first-order valence-electron chi connectivity index (χ1n) is 8.39. The van der Waals surface area contributed by atoms with E-state index in [9.17, 15) is 18.0 Å². The van der Waals surface area contributed by atoms with Crippen molar-refractivity contribution in [3.63, 3.8) is 0 Å². The number of hydrogen-bond donors (Lipinski definition) is 1. The van der Waals surface area contributed by atoms with Gasteiger partial charge in [0.25, 0.3) is 5.91 Å². The molecule has 2 rings (SSSR count). The molecule has 1 N–H and O–H groups in total. The smallest absolute Gasteiger partial charge is 0.405 e. The molecule has 0 saturated carbocycles. The van der Waals surface area contributed by atoms with Gasteiger partial charge < -0.3 is 24.1 Å². The molecule has 1 aromatic carbocycles. The van der Waals surface area contributed by atoms with Crippen LogP contribution in [0.1, 0.15) is 38.1 Å². The summed E-state index contributed by atoms with van der Waals surface area (Å²) in [5, 5.41) is 2.48. The number of carbonyl (C=O) groups excluding carboxylic acids is 1. The fourth-order valence-electron chi connectivity index (χ4n) is 2.43. The monoisotopic (exact) mass is 389 g/mol. The highest BCUT2D eigenvalue weighted by molar-refractivity contribution is 6.62. The van der Waals surface area contributed by atoms with Crippen molar-refractivity contribution in [3.05, 3.63) is 23.8 Å². The Labute approximate surface area is 156 Å². The fraction of sp³-hybridized carbons (Fsp3) is 0.588. The summed E-state index contributed by atoms with van der Waals surface area (Å²) in [4.78, 5) is 12.4. The lowest BCUT2D eigenvalue weighted by Crippen LogP contribution is -2.41. The van der Waals surface area contributed by atoms with Crippen LogP contribution in [-0.2, 0) is 14.0 Å². The van der Waals surface area contributed by atoms with Crippen LogP contribution < -0.4 is 15.5 Å². The average Bonchev–Trinajstić information content (AvgIpc) is 2.74. The average molecular weight is 389 g/mol. The number of carbonyl (C=O) groups is 1. The molecular weight excluding hydrogens is 366 g/mol. The van der Waals surface area contributed by atoms with Gasteiger partial charge in [-0.1, -0.05) is 6.07 Å². The van der Waals surface area contributed by atoms with Crippen LogP contribution in [0.4, 0.5) is 13.2 Å². The predicted molar refractivity (Wildman–Crippen MR) is 93.1 cm³/mol. The summed E-state index contributed by atoms with van der Waals surface area (Å²) in [6.07, 6.45) is -4.92. The lowest BCUT2D eigenvalue weighted by Gasteiger charge is -2.32. The molecular formula is C17H23BF3NO5. The second-order valence-corrected chi connectivity index (χ2v) is 7.14. The molecule has 1 heterocycles. The molecule has 0 radical (unpaired) electrons. The number of ether oxygens (including phenoxy) is 2. The van der Waals surface area contributed by atoms with Crippen LogP contribution in [0.25, 0.3) is 0 Å². The summed E-state index contributed by atoms with van der Waals surface area (Å²) in [6, 6.07) is 3.75. The third-order valence-electron chi connectivity index (χ3n) is 4.59. The fourth-order valence-corrected chi connectivity index (χ4v) is 2.43. The Hall–Kier alpha value is -1.78. The van der Waals surface area contributed by atoms with E-state index in [-0.39, 0.29) is 18.7 Å². The van der Waals surface area contributed by atoms with E-state index in [1.165, 1.54) is 19.2 Å². The minimum absolute atomic E-state index is 0.140. The quantitative estimate of drug-likeness (QED) is 0.598. The number of benzene rings is 1. The van der Waals surface area contributed by atoms with E-state index in [4.69, 9.17) is 14.0 Å². The third-order valence-corrected chi connectivity index (χ3v) is 4.59. The molecule has 0 unspecified atom stereocenters. The van der Waals surface area contributed by atoms with Crippen molar-refractivity contribution < 1.29 is 36.7 Å². The highest BCUT2D eigenvalue weighted by Crippen LogP contribution is 2.37. The number of nitrogens with one attached hydrogen (secondary N) is 1. The van der Waals surface area contributed by atoms with Gasteiger partial charge in [0.1, 0.15) is 5.75 Å². The Morgan fingerprint density at radius 2 is 1.78 bits per heavy atom. The highest BCUT2D eigenvalue weighted by atomic mass is 19.4. The molecule has 1 aromatic rings. The van der Waals surface area contributed by atoms with Crippen LogP contribution in [-0.4, -0.2) is 50.9 Å². The minimum atomic E-state index is -4.92. The molecule has 0 aliphatic carbocycles. The molecule has 1 fully saturated rings. The Balaban J connectivity index is 2.33. The van der Waals surface area contributed by atoms with Gasteiger partial charge in [-0.2, -0.15) is 0 Å². The Morgan fingerprint density at radius 3 is 2.30 bits per heavy atom. The molecule has 27 heavy (non-hydrogen) atoms. The van der Waals surface area contributed by atoms with Crippen molar-refractivity contribution in [3.8, 4) is 5.75 Å². The van der Waals surface area contributed by atoms with Gasteiger partial charge in [-0.05, 0) is 45.3 Å². The number of hydrogen-bond acceptors (Lipinski definition) is 5. The van der Waals surface area contributed by atoms with Gasteiger partial charge >= 0.3 is 13.5 Å². The van der Waals surface area contributed by atoms with Gasteiger partial charge in [0.2, 0.25) is 0 Å². The van der Waals surface area contributed by atoms with Crippen LogP contribution >= 0.6 is 0 Å². The maximum atomic E-state index is 12.7. The van der Waals surface area contributed by atoms with Gasteiger partial charge in [0, 0.05) is 13.7 Å². The van der Waals surface area contributed by atoms with Crippen LogP contribution in [0.5, 0.6) is 5.75 Å². The van der Waals surface area contributed by atoms with Gasteiger partial charge in [-0.3, -0.25) is 4.79 Å². The number of methoxy groups -OCH3 is 1. The molecule has 6 nitrogen and oxygen atoms in total. The van der Waals surface area contributed by atoms with Gasteiger partial charge in [0.15, 0.2) is 0 Å². The maximum absolute atomic E-state index is 12.7. The summed E-state index contributed by atoms with van der Waals surface area (Å²) in [5.74, 6) is -1.32. The maximum Gasteiger partial charge on any atom is 0.573 e. The van der Waals surface area contributed by atoms with E-state index < -0.39 is 36.3 Å². The summed E-state index contributed by atoms with van der Waals surface area (Å²) < 4.78 is 58.6. The zero-order chi connectivity index (χ0) is 20.5. The van der Waals surface area contributed by atoms with E-state index in [1.54, 1.807) is 0 Å². The normalized spacial score (nSPS) is 18.4. The first-order valence-corrected chi connectivity index (χ1v) is 8.39. The largest absolute Gasteiger partial charge is 0.573 e. The number of halogens is 3. The molecule has 0 spiro atoms. The lowest BCUT2D eigenvalue weighted by atomic mass is 9.78. The third kappa shape index (κ3) is 5.15. The van der Waals surface area contributed by atoms with Crippen molar-refractivity contribution >= 4 is 18.5 Å². The summed E-state index contributed by atoms with van der Waals surface area (Å²) in [7, 11) is 0.629. The summed E-state index contributed by atoms with van der Waals surface area (Å²) in [5.41, 5.74) is -1.10. The second-order valence-electron chi connectivity index (χ2n) is 7.14. The van der Waals surface area contributed by atoms with Crippen molar-refractivity contribution in [2.45, 2.75) is 45.3 Å². The standard InChI is InChI=1S/C17H23BF3NO5/c1-15(2)16(3,4)27-18(26-15)11-6-7-13(25-17(19,20)21)12(10-11)14(23)22-8-9-24-5/h6-7,10H,8-9H2,1-5H3,(H,22,23). The number of alkyl halides is 3. The number of rotatable bonds is 6. The second kappa shape index (κ2) is 7.69. The Morgan fingerprint density at radius 1 is 1.19 bits per heavy atom. The first-order chi connectivity index (χ1) is 12.4. The molecule has 10 heteroatoms. The van der Waals surface area contributed by atoms with Crippen LogP contribution in [0.2, 0.25) is 0 Å². The van der Waals surface area contributed by atoms with Crippen molar-refractivity contribution in [1.29, 1.82) is 0 Å². The van der Waals surface area contributed by atoms with Gasteiger partial charge in [0.05, 0.1) is 23.4 Å². The molecule has 150 valence electrons. The highest BCUT2D eigenvalue weighted by Gasteiger charge is 2.51. The van der Waals surface area contributed by atoms with Crippen molar-refractivity contribution in [1.82, 2.24) is 5.32 Å². The van der Waals surface area contributed by atoms with E-state index >= 15 is 0 Å². The molecule has 1 aliphatic rings. The predicted octanol–water partition coefficient (Wildman–Crippen LogP) is 2.26. The van der Waals surface area contributed by atoms with Crippen LogP contribution in [0, 0.1) is 0 Å². The zero-order valence-corrected chi connectivity index (χ0v) is 15.9. The first kappa shape index (κ1) is 21.5. The molecule has 0 aromatic heterocycles. The molecule has 1 aliphatic heterocycles. The minimum Gasteiger partial charge on any atom is -0.405 e.